The summed E-state index contributed by atoms with van der Waals surface area (Å²) < 4.78 is 15.0. The zero-order valence-corrected chi connectivity index (χ0v) is 30.2. The Morgan fingerprint density at radius 1 is 0.978 bits per heavy atom. The van der Waals surface area contributed by atoms with Gasteiger partial charge >= 0.3 is 0 Å². The van der Waals surface area contributed by atoms with Crippen molar-refractivity contribution in [3.63, 3.8) is 0 Å². The fraction of sp³-hybridized carbons (Fsp3) is 0.698. The summed E-state index contributed by atoms with van der Waals surface area (Å²) >= 11 is 0. The highest BCUT2D eigenvalue weighted by molar-refractivity contribution is 5.82. The molecule has 46 heavy (non-hydrogen) atoms. The van der Waals surface area contributed by atoms with Gasteiger partial charge in [-0.15, -0.1) is 0 Å². The minimum Gasteiger partial charge on any atom is -0.478 e. The third-order valence-corrected chi connectivity index (χ3v) is 16.6. The highest BCUT2D eigenvalue weighted by Crippen LogP contribution is 2.74. The number of hydrogen-bond acceptors (Lipinski definition) is 3. The smallest absolute Gasteiger partial charge is 0.170 e. The highest BCUT2D eigenvalue weighted by Gasteiger charge is 2.69. The summed E-state index contributed by atoms with van der Waals surface area (Å²) in [6.07, 6.45) is 18.2. The molecule has 1 aromatic rings. The van der Waals surface area contributed by atoms with Crippen molar-refractivity contribution in [1.82, 2.24) is 0 Å². The van der Waals surface area contributed by atoms with E-state index in [0.717, 1.165) is 62.9 Å². The van der Waals surface area contributed by atoms with Crippen molar-refractivity contribution in [3.8, 4) is 11.5 Å². The summed E-state index contributed by atoms with van der Waals surface area (Å²) in [6.45, 7) is 26.1. The minimum absolute atomic E-state index is 0.0229. The summed E-state index contributed by atoms with van der Waals surface area (Å²) in [5.74, 6) is 4.48. The van der Waals surface area contributed by atoms with Gasteiger partial charge in [-0.1, -0.05) is 71.9 Å². The van der Waals surface area contributed by atoms with Crippen LogP contribution >= 0.6 is 0 Å². The van der Waals surface area contributed by atoms with Crippen LogP contribution in [0.3, 0.4) is 0 Å². The number of benzene rings is 1. The Balaban J connectivity index is 1.23. The van der Waals surface area contributed by atoms with Gasteiger partial charge in [0.05, 0.1) is 0 Å². The van der Waals surface area contributed by atoms with E-state index in [1.807, 2.05) is 0 Å². The topological polar surface area (TPSA) is 35.5 Å². The van der Waals surface area contributed by atoms with Gasteiger partial charge < -0.3 is 9.47 Å². The third kappa shape index (κ3) is 3.54. The summed E-state index contributed by atoms with van der Waals surface area (Å²) in [7, 11) is 0. The summed E-state index contributed by atoms with van der Waals surface area (Å²) in [5, 5.41) is 0. The first kappa shape index (κ1) is 31.0. The van der Waals surface area contributed by atoms with Crippen molar-refractivity contribution >= 4 is 11.9 Å². The minimum atomic E-state index is -0.453. The number of ether oxygens (including phenoxy) is 2. The van der Waals surface area contributed by atoms with Crippen molar-refractivity contribution in [1.29, 1.82) is 0 Å². The van der Waals surface area contributed by atoms with E-state index in [9.17, 15) is 4.79 Å². The standard InChI is InChI=1S/C43H58O3/c1-25(2)30-12-11-27(4)42-16-15-28(5)43(42,23-30)45-34-22-32-31(29(6)37(34)46-42)13-14-35-39(32,8)18-20-41(10)36-21-26(3)33(44)24-38(36,7)17-19-40(35,41)9/h13-15,22,26-27,30,35-36H,1,11-12,16-21,23-24H2,2-10H3. The molecule has 1 aromatic carbocycles. The lowest BCUT2D eigenvalue weighted by molar-refractivity contribution is -0.191. The average Bonchev–Trinajstić information content (AvgIpc) is 3.21. The second-order valence-corrected chi connectivity index (χ2v) is 18.6. The fourth-order valence-corrected chi connectivity index (χ4v) is 13.2. The molecule has 1 heterocycles. The van der Waals surface area contributed by atoms with Crippen molar-refractivity contribution in [2.75, 3.05) is 0 Å². The first-order valence-corrected chi connectivity index (χ1v) is 18.6. The molecule has 0 saturated heterocycles. The van der Waals surface area contributed by atoms with Gasteiger partial charge in [0.25, 0.3) is 0 Å². The van der Waals surface area contributed by atoms with Crippen LogP contribution in [0.15, 0.2) is 35.9 Å². The lowest BCUT2D eigenvalue weighted by Crippen LogP contribution is -2.65. The summed E-state index contributed by atoms with van der Waals surface area (Å²) in [5.41, 5.74) is 6.40. The molecule has 0 N–H and O–H groups in total. The molecule has 0 bridgehead atoms. The molecule has 7 aliphatic rings. The van der Waals surface area contributed by atoms with Gasteiger partial charge in [0, 0.05) is 42.1 Å². The monoisotopic (exact) mass is 622 g/mol. The van der Waals surface area contributed by atoms with Gasteiger partial charge in [-0.3, -0.25) is 4.79 Å². The van der Waals surface area contributed by atoms with Crippen LogP contribution in [0.1, 0.15) is 136 Å². The van der Waals surface area contributed by atoms with Crippen LogP contribution in [0.5, 0.6) is 11.5 Å². The van der Waals surface area contributed by atoms with Crippen LogP contribution in [0.2, 0.25) is 0 Å². The van der Waals surface area contributed by atoms with Crippen LogP contribution in [0.4, 0.5) is 0 Å². The first-order valence-electron chi connectivity index (χ1n) is 18.6. The molecule has 3 nitrogen and oxygen atoms in total. The average molecular weight is 623 g/mol. The predicted molar refractivity (Wildman–Crippen MR) is 187 cm³/mol. The molecule has 0 aromatic heterocycles. The molecule has 0 radical (unpaired) electrons. The van der Waals surface area contributed by atoms with Crippen molar-refractivity contribution < 1.29 is 14.3 Å². The SMILES string of the molecule is C=C(C)C1CCC(C)C23CC=C(C)C2(C1)Oc1cc2c(c(C)c1O3)C=CC1C2(C)CCC2(C)C3CC(C)C(=O)CC3(C)CCC12C. The molecule has 6 aliphatic carbocycles. The van der Waals surface area contributed by atoms with Crippen molar-refractivity contribution in [2.45, 2.75) is 143 Å². The molecular formula is C43H58O3. The number of rotatable bonds is 1. The van der Waals surface area contributed by atoms with Crippen LogP contribution in [0.25, 0.3) is 6.08 Å². The van der Waals surface area contributed by atoms with Gasteiger partial charge in [-0.05, 0) is 122 Å². The highest BCUT2D eigenvalue weighted by atomic mass is 16.6. The second kappa shape index (κ2) is 9.44. The zero-order valence-electron chi connectivity index (χ0n) is 30.2. The van der Waals surface area contributed by atoms with Gasteiger partial charge in [0.15, 0.2) is 22.7 Å². The van der Waals surface area contributed by atoms with E-state index in [4.69, 9.17) is 9.47 Å². The molecular weight excluding hydrogens is 564 g/mol. The molecule has 3 heteroatoms. The van der Waals surface area contributed by atoms with E-state index in [-0.39, 0.29) is 33.2 Å². The van der Waals surface area contributed by atoms with Crippen molar-refractivity contribution in [3.05, 3.63) is 52.6 Å². The van der Waals surface area contributed by atoms with Crippen LogP contribution < -0.4 is 9.47 Å². The number of Topliss-reactive ketones (excluding diaryl/α,β-unsaturated/α-hetero) is 1. The van der Waals surface area contributed by atoms with E-state index < -0.39 is 5.60 Å². The Morgan fingerprint density at radius 2 is 1.72 bits per heavy atom. The number of carbonyl (C=O) groups excluding carboxylic acids is 1. The molecule has 0 spiro atoms. The largest absolute Gasteiger partial charge is 0.478 e. The summed E-state index contributed by atoms with van der Waals surface area (Å²) in [6, 6.07) is 2.43. The van der Waals surface area contributed by atoms with Crippen LogP contribution in [-0.4, -0.2) is 17.0 Å². The third-order valence-electron chi connectivity index (χ3n) is 16.6. The Bertz CT molecular complexity index is 1610. The summed E-state index contributed by atoms with van der Waals surface area (Å²) in [4.78, 5) is 13.0. The van der Waals surface area contributed by atoms with Crippen LogP contribution in [-0.2, 0) is 10.2 Å². The van der Waals surface area contributed by atoms with E-state index in [1.54, 1.807) is 0 Å². The molecule has 4 saturated carbocycles. The number of carbonyl (C=O) groups is 1. The molecule has 11 atom stereocenters. The maximum atomic E-state index is 13.0. The predicted octanol–water partition coefficient (Wildman–Crippen LogP) is 10.7. The molecule has 4 fully saturated rings. The maximum Gasteiger partial charge on any atom is 0.170 e. The quantitative estimate of drug-likeness (QED) is 0.292. The Kier molecular flexibility index (Phi) is 6.36. The molecule has 0 amide bonds. The Labute approximate surface area is 278 Å². The Morgan fingerprint density at radius 3 is 2.46 bits per heavy atom. The van der Waals surface area contributed by atoms with Crippen molar-refractivity contribution in [2.24, 2.45) is 45.8 Å². The Hall–Kier alpha value is -2.29. The van der Waals surface area contributed by atoms with Gasteiger partial charge in [0.1, 0.15) is 5.78 Å². The van der Waals surface area contributed by atoms with E-state index in [0.29, 0.717) is 29.5 Å². The number of hydrogen-bond donors (Lipinski definition) is 0. The molecule has 248 valence electrons. The number of fused-ring (bicyclic) bond motifs is 8. The van der Waals surface area contributed by atoms with E-state index in [2.05, 4.69) is 93.2 Å². The maximum absolute atomic E-state index is 13.0. The van der Waals surface area contributed by atoms with Gasteiger partial charge in [0.2, 0.25) is 0 Å². The van der Waals surface area contributed by atoms with E-state index in [1.165, 1.54) is 40.7 Å². The zero-order chi connectivity index (χ0) is 32.8. The van der Waals surface area contributed by atoms with Crippen LogP contribution in [0, 0.1) is 52.8 Å². The number of allylic oxidation sites excluding steroid dienone is 2. The molecule has 1 aliphatic heterocycles. The fourth-order valence-electron chi connectivity index (χ4n) is 13.2. The molecule has 11 unspecified atom stereocenters. The van der Waals surface area contributed by atoms with Gasteiger partial charge in [-0.2, -0.15) is 0 Å². The normalized spacial score (nSPS) is 48.5. The second-order valence-electron chi connectivity index (χ2n) is 18.6. The first-order chi connectivity index (χ1) is 21.6. The van der Waals surface area contributed by atoms with E-state index >= 15 is 0 Å². The lowest BCUT2D eigenvalue weighted by Gasteiger charge is -2.70. The number of ketones is 1. The molecule has 8 rings (SSSR count). The van der Waals surface area contributed by atoms with Gasteiger partial charge in [-0.25, -0.2) is 0 Å². The lowest BCUT2D eigenvalue weighted by atomic mass is 9.34.